The van der Waals surface area contributed by atoms with Crippen LogP contribution in [0.5, 0.6) is 0 Å². The summed E-state index contributed by atoms with van der Waals surface area (Å²) in [6.07, 6.45) is 2.44. The van der Waals surface area contributed by atoms with Gasteiger partial charge in [-0.1, -0.05) is 13.8 Å². The van der Waals surface area contributed by atoms with Gasteiger partial charge in [0.05, 0.1) is 11.4 Å². The number of anilines is 2. The number of carbonyl (C=O) groups excluding carboxylic acids is 1. The molecule has 2 N–H and O–H groups in total. The van der Waals surface area contributed by atoms with Crippen molar-refractivity contribution in [2.45, 2.75) is 26.7 Å². The molecule has 2 rings (SSSR count). The first kappa shape index (κ1) is 14.7. The molecular formula is C16H25N3O. The number of benzene rings is 1. The van der Waals surface area contributed by atoms with Crippen LogP contribution in [0.15, 0.2) is 18.2 Å². The summed E-state index contributed by atoms with van der Waals surface area (Å²) in [6.45, 7) is 6.63. The summed E-state index contributed by atoms with van der Waals surface area (Å²) in [5, 5.41) is 0. The van der Waals surface area contributed by atoms with E-state index in [1.807, 2.05) is 12.1 Å². The molecule has 0 bridgehead atoms. The Balaban J connectivity index is 2.24. The summed E-state index contributed by atoms with van der Waals surface area (Å²) in [5.41, 5.74) is 8.87. The lowest BCUT2D eigenvalue weighted by Gasteiger charge is -2.40. The molecule has 1 fully saturated rings. The Hall–Kier alpha value is -1.71. The Morgan fingerprint density at radius 3 is 2.60 bits per heavy atom. The molecule has 1 aromatic rings. The standard InChI is InChI=1S/C16H25N3O/c1-16(2)8-5-9-19(11-16)14-7-6-12(10-13(14)17)15(20)18(3)4/h6-7,10H,5,8-9,11,17H2,1-4H3. The van der Waals surface area contributed by atoms with Crippen LogP contribution in [-0.4, -0.2) is 38.0 Å². The fraction of sp³-hybridized carbons (Fsp3) is 0.562. The van der Waals surface area contributed by atoms with Gasteiger partial charge in [-0.2, -0.15) is 0 Å². The highest BCUT2D eigenvalue weighted by molar-refractivity contribution is 5.95. The maximum absolute atomic E-state index is 11.9. The van der Waals surface area contributed by atoms with Crippen molar-refractivity contribution in [1.29, 1.82) is 0 Å². The van der Waals surface area contributed by atoms with Gasteiger partial charge in [0.2, 0.25) is 0 Å². The first-order chi connectivity index (χ1) is 9.30. The van der Waals surface area contributed by atoms with E-state index in [1.165, 1.54) is 12.8 Å². The Kier molecular flexibility index (Phi) is 3.93. The molecule has 1 aliphatic rings. The third kappa shape index (κ3) is 3.06. The molecule has 0 spiro atoms. The second-order valence-corrected chi connectivity index (χ2v) is 6.66. The number of rotatable bonds is 2. The van der Waals surface area contributed by atoms with Crippen LogP contribution < -0.4 is 10.6 Å². The summed E-state index contributed by atoms with van der Waals surface area (Å²) in [4.78, 5) is 15.8. The molecule has 0 aliphatic carbocycles. The molecule has 0 aromatic heterocycles. The zero-order valence-electron chi connectivity index (χ0n) is 12.9. The summed E-state index contributed by atoms with van der Waals surface area (Å²) >= 11 is 0. The van der Waals surface area contributed by atoms with Crippen molar-refractivity contribution in [3.63, 3.8) is 0 Å². The van der Waals surface area contributed by atoms with Crippen LogP contribution in [0.25, 0.3) is 0 Å². The number of hydrogen-bond acceptors (Lipinski definition) is 3. The summed E-state index contributed by atoms with van der Waals surface area (Å²) in [6, 6.07) is 5.64. The molecule has 1 aromatic carbocycles. The van der Waals surface area contributed by atoms with E-state index in [4.69, 9.17) is 5.73 Å². The van der Waals surface area contributed by atoms with E-state index in [0.717, 1.165) is 18.8 Å². The largest absolute Gasteiger partial charge is 0.397 e. The number of hydrogen-bond donors (Lipinski definition) is 1. The van der Waals surface area contributed by atoms with E-state index in [-0.39, 0.29) is 5.91 Å². The van der Waals surface area contributed by atoms with Gasteiger partial charge >= 0.3 is 0 Å². The van der Waals surface area contributed by atoms with Crippen LogP contribution in [0.3, 0.4) is 0 Å². The smallest absolute Gasteiger partial charge is 0.253 e. The van der Waals surface area contributed by atoms with Crippen LogP contribution in [-0.2, 0) is 0 Å². The second-order valence-electron chi connectivity index (χ2n) is 6.66. The van der Waals surface area contributed by atoms with Crippen molar-refractivity contribution in [2.24, 2.45) is 5.41 Å². The second kappa shape index (κ2) is 5.35. The molecule has 4 nitrogen and oxygen atoms in total. The first-order valence-electron chi connectivity index (χ1n) is 7.16. The molecule has 0 saturated carbocycles. The van der Waals surface area contributed by atoms with Gasteiger partial charge in [0, 0.05) is 32.7 Å². The molecule has 1 heterocycles. The van der Waals surface area contributed by atoms with Crippen molar-refractivity contribution in [3.05, 3.63) is 23.8 Å². The van der Waals surface area contributed by atoms with Crippen LogP contribution in [0.4, 0.5) is 11.4 Å². The zero-order chi connectivity index (χ0) is 14.9. The number of nitrogens with zero attached hydrogens (tertiary/aromatic N) is 2. The predicted octanol–water partition coefficient (Wildman–Crippen LogP) is 2.60. The predicted molar refractivity (Wildman–Crippen MR) is 84.1 cm³/mol. The molecule has 0 radical (unpaired) electrons. The lowest BCUT2D eigenvalue weighted by Crippen LogP contribution is -2.40. The van der Waals surface area contributed by atoms with Crippen molar-refractivity contribution in [3.8, 4) is 0 Å². The quantitative estimate of drug-likeness (QED) is 0.844. The van der Waals surface area contributed by atoms with E-state index in [0.29, 0.717) is 16.7 Å². The molecule has 0 atom stereocenters. The molecule has 20 heavy (non-hydrogen) atoms. The van der Waals surface area contributed by atoms with Gasteiger partial charge in [0.25, 0.3) is 5.91 Å². The first-order valence-corrected chi connectivity index (χ1v) is 7.16. The Labute approximate surface area is 121 Å². The molecule has 1 aliphatic heterocycles. The Bertz CT molecular complexity index is 508. The van der Waals surface area contributed by atoms with Gasteiger partial charge < -0.3 is 15.5 Å². The van der Waals surface area contributed by atoms with Crippen molar-refractivity contribution >= 4 is 17.3 Å². The van der Waals surface area contributed by atoms with Crippen LogP contribution >= 0.6 is 0 Å². The molecule has 1 amide bonds. The molecule has 4 heteroatoms. The van der Waals surface area contributed by atoms with E-state index in [9.17, 15) is 4.79 Å². The highest BCUT2D eigenvalue weighted by Gasteiger charge is 2.27. The third-order valence-electron chi connectivity index (χ3n) is 3.92. The van der Waals surface area contributed by atoms with Crippen molar-refractivity contribution in [1.82, 2.24) is 4.90 Å². The maximum atomic E-state index is 11.9. The monoisotopic (exact) mass is 275 g/mol. The Morgan fingerprint density at radius 2 is 2.05 bits per heavy atom. The van der Waals surface area contributed by atoms with Crippen LogP contribution in [0.1, 0.15) is 37.0 Å². The van der Waals surface area contributed by atoms with E-state index in [2.05, 4.69) is 18.7 Å². The van der Waals surface area contributed by atoms with E-state index >= 15 is 0 Å². The van der Waals surface area contributed by atoms with Crippen molar-refractivity contribution < 1.29 is 4.79 Å². The van der Waals surface area contributed by atoms with Gasteiger partial charge in [0.15, 0.2) is 0 Å². The van der Waals surface area contributed by atoms with Gasteiger partial charge in [-0.25, -0.2) is 0 Å². The summed E-state index contributed by atoms with van der Waals surface area (Å²) < 4.78 is 0. The summed E-state index contributed by atoms with van der Waals surface area (Å²) in [7, 11) is 3.50. The van der Waals surface area contributed by atoms with E-state index < -0.39 is 0 Å². The topological polar surface area (TPSA) is 49.6 Å². The average molecular weight is 275 g/mol. The highest BCUT2D eigenvalue weighted by atomic mass is 16.2. The minimum Gasteiger partial charge on any atom is -0.397 e. The van der Waals surface area contributed by atoms with Gasteiger partial charge in [0.1, 0.15) is 0 Å². The lowest BCUT2D eigenvalue weighted by molar-refractivity contribution is 0.0827. The number of piperidine rings is 1. The van der Waals surface area contributed by atoms with Gasteiger partial charge in [-0.15, -0.1) is 0 Å². The molecule has 0 unspecified atom stereocenters. The molecular weight excluding hydrogens is 250 g/mol. The average Bonchev–Trinajstić information content (AvgIpc) is 2.36. The minimum atomic E-state index is -0.0118. The normalized spacial score (nSPS) is 17.9. The number of amides is 1. The minimum absolute atomic E-state index is 0.0118. The number of nitrogen functional groups attached to an aromatic ring is 1. The van der Waals surface area contributed by atoms with E-state index in [1.54, 1.807) is 25.1 Å². The van der Waals surface area contributed by atoms with Crippen LogP contribution in [0.2, 0.25) is 0 Å². The number of carbonyl (C=O) groups is 1. The van der Waals surface area contributed by atoms with Crippen LogP contribution in [0, 0.1) is 5.41 Å². The SMILES string of the molecule is CN(C)C(=O)c1ccc(N2CCCC(C)(C)C2)c(N)c1. The lowest BCUT2D eigenvalue weighted by atomic mass is 9.84. The third-order valence-corrected chi connectivity index (χ3v) is 3.92. The zero-order valence-corrected chi connectivity index (χ0v) is 12.9. The van der Waals surface area contributed by atoms with Gasteiger partial charge in [-0.3, -0.25) is 4.79 Å². The molecule has 110 valence electrons. The Morgan fingerprint density at radius 1 is 1.35 bits per heavy atom. The summed E-state index contributed by atoms with van der Waals surface area (Å²) in [5.74, 6) is -0.0118. The fourth-order valence-electron chi connectivity index (χ4n) is 2.86. The molecule has 1 saturated heterocycles. The highest BCUT2D eigenvalue weighted by Crippen LogP contribution is 2.34. The fourth-order valence-corrected chi connectivity index (χ4v) is 2.86. The number of nitrogens with two attached hydrogens (primary N) is 1. The van der Waals surface area contributed by atoms with Gasteiger partial charge in [-0.05, 0) is 36.5 Å². The van der Waals surface area contributed by atoms with Crippen molar-refractivity contribution in [2.75, 3.05) is 37.8 Å². The maximum Gasteiger partial charge on any atom is 0.253 e.